The zero-order valence-electron chi connectivity index (χ0n) is 12.3. The van der Waals surface area contributed by atoms with Crippen molar-refractivity contribution in [2.75, 3.05) is 0 Å². The van der Waals surface area contributed by atoms with Gasteiger partial charge in [-0.25, -0.2) is 0 Å². The lowest BCUT2D eigenvalue weighted by atomic mass is 9.83. The van der Waals surface area contributed by atoms with Crippen molar-refractivity contribution < 1.29 is 0 Å². The number of hydrogen-bond acceptors (Lipinski definition) is 1. The van der Waals surface area contributed by atoms with Crippen LogP contribution in [0.15, 0.2) is 18.5 Å². The topological polar surface area (TPSA) is 12.9 Å². The van der Waals surface area contributed by atoms with E-state index in [-0.39, 0.29) is 5.41 Å². The average Bonchev–Trinajstić information content (AvgIpc) is 2.26. The Hall–Kier alpha value is -0.850. The summed E-state index contributed by atoms with van der Waals surface area (Å²) in [6, 6.07) is 2.32. The standard InChI is InChI=1S/C16H27N/c1-7-16(5,6)9-8-13-10-14(12-17-11-13)15(2,3)4/h10-12H,7-9H2,1-6H3. The molecule has 1 rings (SSSR count). The second kappa shape index (κ2) is 5.20. The lowest BCUT2D eigenvalue weighted by molar-refractivity contribution is 0.322. The normalized spacial score (nSPS) is 12.8. The van der Waals surface area contributed by atoms with Crippen LogP contribution in [-0.2, 0) is 11.8 Å². The van der Waals surface area contributed by atoms with Gasteiger partial charge in [0.1, 0.15) is 0 Å². The Bertz CT molecular complexity index is 358. The first-order valence-electron chi connectivity index (χ1n) is 6.69. The molecule has 96 valence electrons. The van der Waals surface area contributed by atoms with Gasteiger partial charge in [-0.1, -0.05) is 54.0 Å². The number of rotatable bonds is 4. The van der Waals surface area contributed by atoms with E-state index in [0.717, 1.165) is 6.42 Å². The Labute approximate surface area is 107 Å². The maximum Gasteiger partial charge on any atom is 0.0305 e. The Morgan fingerprint density at radius 1 is 1.06 bits per heavy atom. The van der Waals surface area contributed by atoms with Crippen LogP contribution < -0.4 is 0 Å². The second-order valence-corrected chi connectivity index (χ2v) is 6.85. The quantitative estimate of drug-likeness (QED) is 0.731. The van der Waals surface area contributed by atoms with Crippen LogP contribution >= 0.6 is 0 Å². The van der Waals surface area contributed by atoms with Crippen molar-refractivity contribution in [2.24, 2.45) is 5.41 Å². The summed E-state index contributed by atoms with van der Waals surface area (Å²) in [5.41, 5.74) is 3.35. The molecule has 0 saturated heterocycles. The highest BCUT2D eigenvalue weighted by Crippen LogP contribution is 2.27. The average molecular weight is 233 g/mol. The molecule has 1 aromatic rings. The number of pyridine rings is 1. The van der Waals surface area contributed by atoms with Crippen molar-refractivity contribution in [1.82, 2.24) is 4.98 Å². The fourth-order valence-electron chi connectivity index (χ4n) is 1.69. The molecule has 0 N–H and O–H groups in total. The minimum atomic E-state index is 0.198. The van der Waals surface area contributed by atoms with Gasteiger partial charge < -0.3 is 0 Å². The molecule has 0 unspecified atom stereocenters. The Kier molecular flexibility index (Phi) is 4.35. The van der Waals surface area contributed by atoms with Crippen LogP contribution in [0.3, 0.4) is 0 Å². The van der Waals surface area contributed by atoms with Gasteiger partial charge in [0.05, 0.1) is 0 Å². The molecule has 1 aromatic heterocycles. The van der Waals surface area contributed by atoms with Gasteiger partial charge in [-0.2, -0.15) is 0 Å². The summed E-state index contributed by atoms with van der Waals surface area (Å²) >= 11 is 0. The highest BCUT2D eigenvalue weighted by molar-refractivity contribution is 5.24. The van der Waals surface area contributed by atoms with Crippen molar-refractivity contribution in [3.63, 3.8) is 0 Å². The molecule has 0 aliphatic carbocycles. The van der Waals surface area contributed by atoms with Gasteiger partial charge in [0.2, 0.25) is 0 Å². The van der Waals surface area contributed by atoms with E-state index < -0.39 is 0 Å². The van der Waals surface area contributed by atoms with Gasteiger partial charge in [-0.05, 0) is 34.8 Å². The first kappa shape index (κ1) is 14.2. The van der Waals surface area contributed by atoms with Crippen LogP contribution in [0.25, 0.3) is 0 Å². The summed E-state index contributed by atoms with van der Waals surface area (Å²) in [7, 11) is 0. The number of aromatic nitrogens is 1. The molecule has 1 nitrogen and oxygen atoms in total. The summed E-state index contributed by atoms with van der Waals surface area (Å²) in [4.78, 5) is 4.38. The van der Waals surface area contributed by atoms with Crippen LogP contribution in [0.4, 0.5) is 0 Å². The highest BCUT2D eigenvalue weighted by atomic mass is 14.6. The third-order valence-corrected chi connectivity index (χ3v) is 3.71. The van der Waals surface area contributed by atoms with Gasteiger partial charge in [0.25, 0.3) is 0 Å². The SMILES string of the molecule is CCC(C)(C)CCc1cncc(C(C)(C)C)c1. The van der Waals surface area contributed by atoms with E-state index in [1.54, 1.807) is 0 Å². The summed E-state index contributed by atoms with van der Waals surface area (Å²) in [5, 5.41) is 0. The van der Waals surface area contributed by atoms with Gasteiger partial charge in [-0.15, -0.1) is 0 Å². The van der Waals surface area contributed by atoms with Crippen LogP contribution in [0.5, 0.6) is 0 Å². The maximum atomic E-state index is 4.38. The highest BCUT2D eigenvalue weighted by Gasteiger charge is 2.17. The molecule has 17 heavy (non-hydrogen) atoms. The molecule has 0 aliphatic rings. The van der Waals surface area contributed by atoms with E-state index in [2.05, 4.69) is 52.6 Å². The van der Waals surface area contributed by atoms with Crippen molar-refractivity contribution in [1.29, 1.82) is 0 Å². The van der Waals surface area contributed by atoms with E-state index in [0.29, 0.717) is 5.41 Å². The van der Waals surface area contributed by atoms with Crippen molar-refractivity contribution in [3.8, 4) is 0 Å². The summed E-state index contributed by atoms with van der Waals surface area (Å²) < 4.78 is 0. The van der Waals surface area contributed by atoms with E-state index in [9.17, 15) is 0 Å². The summed E-state index contributed by atoms with van der Waals surface area (Å²) in [5.74, 6) is 0. The molecule has 0 amide bonds. The van der Waals surface area contributed by atoms with Crippen LogP contribution in [0, 0.1) is 5.41 Å². The lowest BCUT2D eigenvalue weighted by Crippen LogP contribution is -2.13. The maximum absolute atomic E-state index is 4.38. The van der Waals surface area contributed by atoms with E-state index in [1.807, 2.05) is 12.4 Å². The molecular weight excluding hydrogens is 206 g/mol. The second-order valence-electron chi connectivity index (χ2n) is 6.85. The predicted octanol–water partition coefficient (Wildman–Crippen LogP) is 4.75. The third kappa shape index (κ3) is 4.49. The zero-order chi connectivity index (χ0) is 13.1. The molecule has 0 spiro atoms. The van der Waals surface area contributed by atoms with Crippen LogP contribution in [-0.4, -0.2) is 4.98 Å². The first-order chi connectivity index (χ1) is 7.74. The van der Waals surface area contributed by atoms with Gasteiger partial charge >= 0.3 is 0 Å². The predicted molar refractivity (Wildman–Crippen MR) is 75.3 cm³/mol. The van der Waals surface area contributed by atoms with E-state index >= 15 is 0 Å². The number of hydrogen-bond donors (Lipinski definition) is 0. The van der Waals surface area contributed by atoms with Gasteiger partial charge in [-0.3, -0.25) is 4.98 Å². The molecular formula is C16H27N. The molecule has 1 heterocycles. The molecule has 0 fully saturated rings. The van der Waals surface area contributed by atoms with Gasteiger partial charge in [0, 0.05) is 12.4 Å². The zero-order valence-corrected chi connectivity index (χ0v) is 12.3. The summed E-state index contributed by atoms with van der Waals surface area (Å²) in [6.07, 6.45) is 7.62. The fourth-order valence-corrected chi connectivity index (χ4v) is 1.69. The molecule has 1 heteroatoms. The minimum absolute atomic E-state index is 0.198. The largest absolute Gasteiger partial charge is 0.264 e. The molecule has 0 aliphatic heterocycles. The Morgan fingerprint density at radius 2 is 1.71 bits per heavy atom. The smallest absolute Gasteiger partial charge is 0.0305 e. The molecule has 0 atom stereocenters. The van der Waals surface area contributed by atoms with Crippen LogP contribution in [0.1, 0.15) is 65.5 Å². The lowest BCUT2D eigenvalue weighted by Gasteiger charge is -2.23. The number of nitrogens with zero attached hydrogens (tertiary/aromatic N) is 1. The van der Waals surface area contributed by atoms with Crippen molar-refractivity contribution >= 4 is 0 Å². The van der Waals surface area contributed by atoms with Crippen molar-refractivity contribution in [3.05, 3.63) is 29.6 Å². The molecule has 0 saturated carbocycles. The molecule has 0 radical (unpaired) electrons. The van der Waals surface area contributed by atoms with Crippen LogP contribution in [0.2, 0.25) is 0 Å². The first-order valence-corrected chi connectivity index (χ1v) is 6.69. The fraction of sp³-hybridized carbons (Fsp3) is 0.688. The third-order valence-electron chi connectivity index (χ3n) is 3.71. The van der Waals surface area contributed by atoms with E-state index in [1.165, 1.54) is 24.0 Å². The Morgan fingerprint density at radius 3 is 2.24 bits per heavy atom. The monoisotopic (exact) mass is 233 g/mol. The van der Waals surface area contributed by atoms with Crippen molar-refractivity contribution in [2.45, 2.75) is 66.2 Å². The Balaban J connectivity index is 2.74. The molecule has 0 aromatic carbocycles. The van der Waals surface area contributed by atoms with E-state index in [4.69, 9.17) is 0 Å². The number of aryl methyl sites for hydroxylation is 1. The minimum Gasteiger partial charge on any atom is -0.264 e. The summed E-state index contributed by atoms with van der Waals surface area (Å²) in [6.45, 7) is 13.7. The van der Waals surface area contributed by atoms with Gasteiger partial charge in [0.15, 0.2) is 0 Å². The molecule has 0 bridgehead atoms.